The van der Waals surface area contributed by atoms with E-state index in [0.717, 1.165) is 12.8 Å². The van der Waals surface area contributed by atoms with Crippen LogP contribution in [0.25, 0.3) is 0 Å². The van der Waals surface area contributed by atoms with E-state index in [1.54, 1.807) is 4.90 Å². The zero-order valence-corrected chi connectivity index (χ0v) is 12.3. The van der Waals surface area contributed by atoms with Gasteiger partial charge in [0.15, 0.2) is 9.84 Å². The molecule has 18 heavy (non-hydrogen) atoms. The summed E-state index contributed by atoms with van der Waals surface area (Å²) >= 11 is 0. The summed E-state index contributed by atoms with van der Waals surface area (Å²) in [6.07, 6.45) is 1.97. The van der Waals surface area contributed by atoms with Gasteiger partial charge in [-0.1, -0.05) is 13.8 Å². The second kappa shape index (κ2) is 6.52. The zero-order chi connectivity index (χ0) is 13.8. The van der Waals surface area contributed by atoms with Gasteiger partial charge in [-0.25, -0.2) is 8.42 Å². The van der Waals surface area contributed by atoms with Crippen LogP contribution in [0.15, 0.2) is 0 Å². The van der Waals surface area contributed by atoms with Crippen molar-refractivity contribution in [1.82, 2.24) is 10.2 Å². The molecule has 106 valence electrons. The summed E-state index contributed by atoms with van der Waals surface area (Å²) in [7, 11) is -1.40. The highest BCUT2D eigenvalue weighted by Crippen LogP contribution is 2.11. The van der Waals surface area contributed by atoms with E-state index in [0.29, 0.717) is 13.1 Å². The summed E-state index contributed by atoms with van der Waals surface area (Å²) in [4.78, 5) is 13.6. The SMILES string of the molecule is CNC1CCCN(C(=O)CS(=O)(=O)CC(C)C)C1. The molecule has 0 aromatic carbocycles. The second-order valence-electron chi connectivity index (χ2n) is 5.42. The number of likely N-dealkylation sites (N-methyl/N-ethyl adjacent to an activating group) is 1. The molecule has 0 aliphatic carbocycles. The molecular formula is C12H24N2O3S. The lowest BCUT2D eigenvalue weighted by molar-refractivity contribution is -0.129. The lowest BCUT2D eigenvalue weighted by Crippen LogP contribution is -2.48. The molecule has 1 unspecified atom stereocenters. The van der Waals surface area contributed by atoms with Crippen molar-refractivity contribution in [2.24, 2.45) is 5.92 Å². The van der Waals surface area contributed by atoms with Crippen LogP contribution in [-0.2, 0) is 14.6 Å². The minimum Gasteiger partial charge on any atom is -0.340 e. The Morgan fingerprint density at radius 3 is 2.67 bits per heavy atom. The van der Waals surface area contributed by atoms with Gasteiger partial charge in [0.1, 0.15) is 5.75 Å². The number of hydrogen-bond donors (Lipinski definition) is 1. The standard InChI is InChI=1S/C12H24N2O3S/c1-10(2)8-18(16,17)9-12(15)14-6-4-5-11(7-14)13-3/h10-11,13H,4-9H2,1-3H3. The Balaban J connectivity index is 2.54. The Kier molecular flexibility index (Phi) is 5.59. The Labute approximate surface area is 110 Å². The lowest BCUT2D eigenvalue weighted by atomic mass is 10.1. The van der Waals surface area contributed by atoms with Gasteiger partial charge in [0.2, 0.25) is 5.91 Å². The molecule has 0 spiro atoms. The van der Waals surface area contributed by atoms with Crippen LogP contribution in [0.1, 0.15) is 26.7 Å². The molecule has 0 bridgehead atoms. The maximum Gasteiger partial charge on any atom is 0.237 e. The van der Waals surface area contributed by atoms with Crippen molar-refractivity contribution in [3.05, 3.63) is 0 Å². The smallest absolute Gasteiger partial charge is 0.237 e. The second-order valence-corrected chi connectivity index (χ2v) is 7.53. The van der Waals surface area contributed by atoms with Crippen LogP contribution in [0.5, 0.6) is 0 Å². The molecule has 1 aliphatic heterocycles. The molecule has 6 heteroatoms. The van der Waals surface area contributed by atoms with Crippen LogP contribution in [0.3, 0.4) is 0 Å². The molecule has 0 aromatic rings. The first kappa shape index (κ1) is 15.4. The molecule has 1 amide bonds. The number of sulfone groups is 1. The average Bonchev–Trinajstić information content (AvgIpc) is 2.26. The summed E-state index contributed by atoms with van der Waals surface area (Å²) in [6, 6.07) is 0.288. The largest absolute Gasteiger partial charge is 0.340 e. The maximum atomic E-state index is 12.0. The fraction of sp³-hybridized carbons (Fsp3) is 0.917. The Hall–Kier alpha value is -0.620. The number of hydrogen-bond acceptors (Lipinski definition) is 4. The topological polar surface area (TPSA) is 66.5 Å². The molecule has 1 rings (SSSR count). The molecule has 0 saturated carbocycles. The Bertz CT molecular complexity index is 379. The fourth-order valence-electron chi connectivity index (χ4n) is 2.29. The molecule has 0 aromatic heterocycles. The van der Waals surface area contributed by atoms with Crippen LogP contribution in [0.2, 0.25) is 0 Å². The summed E-state index contributed by atoms with van der Waals surface area (Å²) < 4.78 is 23.6. The van der Waals surface area contributed by atoms with Gasteiger partial charge in [-0.05, 0) is 25.8 Å². The predicted octanol–water partition coefficient (Wildman–Crippen LogP) is 0.268. The first-order chi connectivity index (χ1) is 8.34. The summed E-state index contributed by atoms with van der Waals surface area (Å²) in [5.74, 6) is -0.450. The van der Waals surface area contributed by atoms with Gasteiger partial charge < -0.3 is 10.2 Å². The highest BCUT2D eigenvalue weighted by molar-refractivity contribution is 7.92. The van der Waals surface area contributed by atoms with Gasteiger partial charge in [-0.2, -0.15) is 0 Å². The molecule has 1 fully saturated rings. The van der Waals surface area contributed by atoms with E-state index < -0.39 is 9.84 Å². The Morgan fingerprint density at radius 2 is 2.11 bits per heavy atom. The molecular weight excluding hydrogens is 252 g/mol. The molecule has 5 nitrogen and oxygen atoms in total. The quantitative estimate of drug-likeness (QED) is 0.782. The van der Waals surface area contributed by atoms with Crippen LogP contribution >= 0.6 is 0 Å². The normalized spacial score (nSPS) is 21.3. The van der Waals surface area contributed by atoms with E-state index in [9.17, 15) is 13.2 Å². The fourth-order valence-corrected chi connectivity index (χ4v) is 3.98. The third kappa shape index (κ3) is 4.94. The number of carbonyl (C=O) groups is 1. The third-order valence-electron chi connectivity index (χ3n) is 3.11. The van der Waals surface area contributed by atoms with Crippen molar-refractivity contribution in [3.8, 4) is 0 Å². The number of carbonyl (C=O) groups excluding carboxylic acids is 1. The highest BCUT2D eigenvalue weighted by atomic mass is 32.2. The van der Waals surface area contributed by atoms with Gasteiger partial charge in [0.05, 0.1) is 5.75 Å². The van der Waals surface area contributed by atoms with E-state index in [1.807, 2.05) is 20.9 Å². The van der Waals surface area contributed by atoms with Crippen LogP contribution in [-0.4, -0.2) is 56.9 Å². The maximum absolute atomic E-state index is 12.0. The molecule has 1 N–H and O–H groups in total. The molecule has 1 atom stereocenters. The van der Waals surface area contributed by atoms with E-state index in [-0.39, 0.29) is 29.4 Å². The number of rotatable bonds is 5. The van der Waals surface area contributed by atoms with Crippen LogP contribution < -0.4 is 5.32 Å². The van der Waals surface area contributed by atoms with Crippen molar-refractivity contribution in [3.63, 3.8) is 0 Å². The van der Waals surface area contributed by atoms with Gasteiger partial charge in [-0.3, -0.25) is 4.79 Å². The molecule has 1 heterocycles. The van der Waals surface area contributed by atoms with Gasteiger partial charge in [0.25, 0.3) is 0 Å². The minimum absolute atomic E-state index is 0.0641. The van der Waals surface area contributed by atoms with Crippen LogP contribution in [0, 0.1) is 5.92 Å². The van der Waals surface area contributed by atoms with E-state index in [4.69, 9.17) is 0 Å². The van der Waals surface area contributed by atoms with Gasteiger partial charge in [-0.15, -0.1) is 0 Å². The van der Waals surface area contributed by atoms with Crippen molar-refractivity contribution < 1.29 is 13.2 Å². The van der Waals surface area contributed by atoms with E-state index in [2.05, 4.69) is 5.32 Å². The number of nitrogens with zero attached hydrogens (tertiary/aromatic N) is 1. The van der Waals surface area contributed by atoms with Gasteiger partial charge in [0, 0.05) is 19.1 Å². The molecule has 0 radical (unpaired) electrons. The summed E-state index contributed by atoms with van der Waals surface area (Å²) in [5.41, 5.74) is 0. The number of likely N-dealkylation sites (tertiary alicyclic amines) is 1. The van der Waals surface area contributed by atoms with Crippen molar-refractivity contribution in [2.75, 3.05) is 31.6 Å². The predicted molar refractivity (Wildman–Crippen MR) is 72.2 cm³/mol. The summed E-state index contributed by atoms with van der Waals surface area (Å²) in [5, 5.41) is 3.14. The van der Waals surface area contributed by atoms with Crippen LogP contribution in [0.4, 0.5) is 0 Å². The first-order valence-corrected chi connectivity index (χ1v) is 8.31. The average molecular weight is 276 g/mol. The first-order valence-electron chi connectivity index (χ1n) is 6.49. The van der Waals surface area contributed by atoms with E-state index in [1.165, 1.54) is 0 Å². The highest BCUT2D eigenvalue weighted by Gasteiger charge is 2.26. The number of piperidine rings is 1. The Morgan fingerprint density at radius 1 is 1.44 bits per heavy atom. The van der Waals surface area contributed by atoms with Crippen molar-refractivity contribution in [2.45, 2.75) is 32.7 Å². The van der Waals surface area contributed by atoms with Crippen molar-refractivity contribution >= 4 is 15.7 Å². The summed E-state index contributed by atoms with van der Waals surface area (Å²) in [6.45, 7) is 4.99. The number of nitrogens with one attached hydrogen (secondary N) is 1. The lowest BCUT2D eigenvalue weighted by Gasteiger charge is -2.32. The molecule has 1 saturated heterocycles. The number of amides is 1. The third-order valence-corrected chi connectivity index (χ3v) is 4.97. The van der Waals surface area contributed by atoms with Gasteiger partial charge >= 0.3 is 0 Å². The molecule has 1 aliphatic rings. The zero-order valence-electron chi connectivity index (χ0n) is 11.5. The minimum atomic E-state index is -3.27. The van der Waals surface area contributed by atoms with Crippen molar-refractivity contribution in [1.29, 1.82) is 0 Å². The van der Waals surface area contributed by atoms with E-state index >= 15 is 0 Å². The monoisotopic (exact) mass is 276 g/mol.